The van der Waals surface area contributed by atoms with Crippen LogP contribution in [0.5, 0.6) is 0 Å². The van der Waals surface area contributed by atoms with Crippen molar-refractivity contribution in [2.24, 2.45) is 0 Å². The van der Waals surface area contributed by atoms with Crippen molar-refractivity contribution < 1.29 is 0 Å². The maximum atomic E-state index is 2.46. The van der Waals surface area contributed by atoms with Crippen LogP contribution in [0.15, 0.2) is 103 Å². The molecule has 0 saturated heterocycles. The van der Waals surface area contributed by atoms with Crippen LogP contribution in [0.1, 0.15) is 24.3 Å². The fraction of sp³-hybridized carbons (Fsp3) is 0.0909. The van der Waals surface area contributed by atoms with Crippen molar-refractivity contribution >= 4 is 54.0 Å². The van der Waals surface area contributed by atoms with Gasteiger partial charge in [0, 0.05) is 42.4 Å². The minimum atomic E-state index is 0.0377. The number of thiophene rings is 1. The Balaban J connectivity index is 1.49. The molecule has 0 saturated carbocycles. The Bertz CT molecular complexity index is 1980. The third-order valence-electron chi connectivity index (χ3n) is 7.91. The number of para-hydroxylation sites is 1. The van der Waals surface area contributed by atoms with Gasteiger partial charge < -0.3 is 4.57 Å². The molecule has 0 amide bonds. The Labute approximate surface area is 207 Å². The lowest BCUT2D eigenvalue weighted by Gasteiger charge is -2.19. The van der Waals surface area contributed by atoms with Crippen molar-refractivity contribution in [2.75, 3.05) is 0 Å². The average molecular weight is 466 g/mol. The van der Waals surface area contributed by atoms with Crippen molar-refractivity contribution in [2.45, 2.75) is 19.3 Å². The van der Waals surface area contributed by atoms with E-state index in [9.17, 15) is 0 Å². The van der Waals surface area contributed by atoms with Crippen LogP contribution in [0.2, 0.25) is 0 Å². The van der Waals surface area contributed by atoms with Gasteiger partial charge >= 0.3 is 0 Å². The van der Waals surface area contributed by atoms with Crippen molar-refractivity contribution in [3.8, 4) is 16.8 Å². The lowest BCUT2D eigenvalue weighted by molar-refractivity contribution is 0.674. The van der Waals surface area contributed by atoms with E-state index in [1.165, 1.54) is 69.9 Å². The molecular formula is C33H23NS. The predicted molar refractivity (Wildman–Crippen MR) is 151 cm³/mol. The smallest absolute Gasteiger partial charge is 0.0555 e. The van der Waals surface area contributed by atoms with Gasteiger partial charge in [0.15, 0.2) is 0 Å². The summed E-state index contributed by atoms with van der Waals surface area (Å²) >= 11 is 1.97. The van der Waals surface area contributed by atoms with Crippen molar-refractivity contribution in [1.29, 1.82) is 0 Å². The van der Waals surface area contributed by atoms with Crippen LogP contribution >= 0.6 is 11.3 Å². The molecule has 0 radical (unpaired) electrons. The van der Waals surface area contributed by atoms with Crippen LogP contribution in [-0.4, -0.2) is 4.57 Å². The number of hydrogen-bond acceptors (Lipinski definition) is 1. The van der Waals surface area contributed by atoms with E-state index in [0.29, 0.717) is 0 Å². The molecule has 1 aliphatic rings. The molecule has 0 unspecified atom stereocenters. The summed E-state index contributed by atoms with van der Waals surface area (Å²) in [6.07, 6.45) is 0. The zero-order valence-corrected chi connectivity index (χ0v) is 20.5. The van der Waals surface area contributed by atoms with E-state index >= 15 is 0 Å². The normalized spacial score (nSPS) is 14.2. The minimum absolute atomic E-state index is 0.0377. The molecule has 2 heterocycles. The molecule has 35 heavy (non-hydrogen) atoms. The van der Waals surface area contributed by atoms with Crippen molar-refractivity contribution in [1.82, 2.24) is 4.57 Å². The van der Waals surface area contributed by atoms with E-state index in [0.717, 1.165) is 0 Å². The molecule has 8 rings (SSSR count). The highest BCUT2D eigenvalue weighted by Crippen LogP contribution is 2.56. The predicted octanol–water partition coefficient (Wildman–Crippen LogP) is 9.46. The molecule has 0 atom stereocenters. The Morgan fingerprint density at radius 3 is 2.31 bits per heavy atom. The molecule has 7 aromatic rings. The monoisotopic (exact) mass is 465 g/mol. The molecule has 1 nitrogen and oxygen atoms in total. The van der Waals surface area contributed by atoms with Gasteiger partial charge in [-0.3, -0.25) is 0 Å². The molecule has 0 bridgehead atoms. The Hall–Kier alpha value is -3.88. The molecule has 166 valence electrons. The number of hydrogen-bond donors (Lipinski definition) is 0. The lowest BCUT2D eigenvalue weighted by atomic mass is 9.87. The quantitative estimate of drug-likeness (QED) is 0.227. The molecule has 2 heteroatoms. The van der Waals surface area contributed by atoms with Crippen molar-refractivity contribution in [3.63, 3.8) is 0 Å². The van der Waals surface area contributed by atoms with E-state index in [-0.39, 0.29) is 5.41 Å². The van der Waals surface area contributed by atoms with Gasteiger partial charge in [-0.2, -0.15) is 0 Å². The summed E-state index contributed by atoms with van der Waals surface area (Å²) in [5.41, 5.74) is 8.07. The number of fused-ring (bicyclic) bond motifs is 9. The number of nitrogens with zero attached hydrogens (tertiary/aromatic N) is 1. The van der Waals surface area contributed by atoms with Gasteiger partial charge in [-0.15, -0.1) is 11.3 Å². The van der Waals surface area contributed by atoms with Crippen molar-refractivity contribution in [3.05, 3.63) is 114 Å². The van der Waals surface area contributed by atoms with Gasteiger partial charge in [-0.25, -0.2) is 0 Å². The van der Waals surface area contributed by atoms with E-state index in [4.69, 9.17) is 0 Å². The van der Waals surface area contributed by atoms with Gasteiger partial charge in [0.25, 0.3) is 0 Å². The highest BCUT2D eigenvalue weighted by molar-refractivity contribution is 7.20. The third kappa shape index (κ3) is 2.47. The molecule has 2 aromatic heterocycles. The first-order valence-electron chi connectivity index (χ1n) is 12.2. The molecule has 0 aliphatic heterocycles. The van der Waals surface area contributed by atoms with E-state index in [1.807, 2.05) is 11.3 Å². The van der Waals surface area contributed by atoms with Gasteiger partial charge in [0.2, 0.25) is 0 Å². The second kappa shape index (κ2) is 6.62. The molecule has 0 spiro atoms. The van der Waals surface area contributed by atoms with Gasteiger partial charge in [-0.1, -0.05) is 86.6 Å². The fourth-order valence-electron chi connectivity index (χ4n) is 6.23. The highest BCUT2D eigenvalue weighted by atomic mass is 32.1. The van der Waals surface area contributed by atoms with Crippen LogP contribution in [0.3, 0.4) is 0 Å². The van der Waals surface area contributed by atoms with E-state index in [1.54, 1.807) is 0 Å². The second-order valence-corrected chi connectivity index (χ2v) is 11.3. The standard InChI is InChI=1S/C33H23NS/c1-33(2)27-13-7-5-12-24(27)31-26-18-25-23-11-6-8-14-28(23)34(29(25)19-30(26)35-32(31)33)22-16-15-20-9-3-4-10-21(20)17-22/h3-19H,1-2H3. The first-order valence-corrected chi connectivity index (χ1v) is 13.0. The average Bonchev–Trinajstić information content (AvgIpc) is 3.49. The summed E-state index contributed by atoms with van der Waals surface area (Å²) in [6, 6.07) is 38.1. The van der Waals surface area contributed by atoms with Gasteiger partial charge in [-0.05, 0) is 52.2 Å². The number of aromatic nitrogens is 1. The Morgan fingerprint density at radius 2 is 1.40 bits per heavy atom. The largest absolute Gasteiger partial charge is 0.309 e. The van der Waals surface area contributed by atoms with E-state index in [2.05, 4.69) is 122 Å². The van der Waals surface area contributed by atoms with Crippen LogP contribution in [0.4, 0.5) is 0 Å². The van der Waals surface area contributed by atoms with Gasteiger partial charge in [0.05, 0.1) is 11.0 Å². The SMILES string of the molecule is CC1(C)c2ccccc2-c2c1sc1cc3c(cc21)c1ccccc1n3-c1ccc2ccccc2c1. The first kappa shape index (κ1) is 19.4. The maximum absolute atomic E-state index is 2.46. The minimum Gasteiger partial charge on any atom is -0.309 e. The fourth-order valence-corrected chi connectivity index (χ4v) is 7.58. The topological polar surface area (TPSA) is 4.93 Å². The lowest BCUT2D eigenvalue weighted by Crippen LogP contribution is -2.13. The molecule has 0 fully saturated rings. The Kier molecular flexibility index (Phi) is 3.67. The van der Waals surface area contributed by atoms with Crippen LogP contribution in [-0.2, 0) is 5.41 Å². The van der Waals surface area contributed by atoms with Crippen LogP contribution < -0.4 is 0 Å². The molecule has 1 aliphatic carbocycles. The molecule has 5 aromatic carbocycles. The number of benzene rings is 5. The number of rotatable bonds is 1. The molecule has 0 N–H and O–H groups in total. The first-order chi connectivity index (χ1) is 17.1. The summed E-state index contributed by atoms with van der Waals surface area (Å²) in [6.45, 7) is 4.74. The Morgan fingerprint density at radius 1 is 0.629 bits per heavy atom. The van der Waals surface area contributed by atoms with Crippen LogP contribution in [0.25, 0.3) is 59.5 Å². The highest BCUT2D eigenvalue weighted by Gasteiger charge is 2.38. The summed E-state index contributed by atoms with van der Waals surface area (Å²) < 4.78 is 3.82. The molecular weight excluding hydrogens is 442 g/mol. The summed E-state index contributed by atoms with van der Waals surface area (Å²) in [4.78, 5) is 1.49. The third-order valence-corrected chi connectivity index (χ3v) is 9.39. The second-order valence-electron chi connectivity index (χ2n) is 10.2. The maximum Gasteiger partial charge on any atom is 0.0555 e. The van der Waals surface area contributed by atoms with E-state index < -0.39 is 0 Å². The summed E-state index contributed by atoms with van der Waals surface area (Å²) in [5, 5.41) is 6.56. The summed E-state index contributed by atoms with van der Waals surface area (Å²) in [5.74, 6) is 0. The zero-order valence-electron chi connectivity index (χ0n) is 19.7. The zero-order chi connectivity index (χ0) is 23.3. The van der Waals surface area contributed by atoms with Gasteiger partial charge in [0.1, 0.15) is 0 Å². The van der Waals surface area contributed by atoms with Crippen LogP contribution in [0, 0.1) is 0 Å². The summed E-state index contributed by atoms with van der Waals surface area (Å²) in [7, 11) is 0.